The molecule has 0 radical (unpaired) electrons. The number of hydrogen-bond donors (Lipinski definition) is 1. The standard InChI is InChI=1S/C15H24N2O5/c1-16(10-13(18)17-6-8-22-9-7-17)14(19)11-2-4-12(5-3-11)15(20)21/h11-12H,2-10H2,1H3,(H,20,21). The molecule has 2 amide bonds. The van der Waals surface area contributed by atoms with Crippen molar-refractivity contribution in [1.82, 2.24) is 9.80 Å². The zero-order valence-corrected chi connectivity index (χ0v) is 13.0. The van der Waals surface area contributed by atoms with Gasteiger partial charge in [0.2, 0.25) is 11.8 Å². The third kappa shape index (κ3) is 4.19. The summed E-state index contributed by atoms with van der Waals surface area (Å²) >= 11 is 0. The summed E-state index contributed by atoms with van der Waals surface area (Å²) in [5.74, 6) is -1.37. The molecular weight excluding hydrogens is 288 g/mol. The van der Waals surface area contributed by atoms with Crippen molar-refractivity contribution in [3.63, 3.8) is 0 Å². The number of carbonyl (C=O) groups is 3. The van der Waals surface area contributed by atoms with Crippen LogP contribution in [0.4, 0.5) is 0 Å². The SMILES string of the molecule is CN(CC(=O)N1CCOCC1)C(=O)C1CCC(C(=O)O)CC1. The second-order valence-electron chi connectivity index (χ2n) is 6.07. The van der Waals surface area contributed by atoms with Crippen molar-refractivity contribution >= 4 is 17.8 Å². The Kier molecular flexibility index (Phi) is 5.76. The van der Waals surface area contributed by atoms with Gasteiger partial charge in [0.05, 0.1) is 25.7 Å². The van der Waals surface area contributed by atoms with E-state index < -0.39 is 5.97 Å². The van der Waals surface area contributed by atoms with Crippen LogP contribution in [-0.4, -0.2) is 72.6 Å². The van der Waals surface area contributed by atoms with Crippen LogP contribution in [0.25, 0.3) is 0 Å². The van der Waals surface area contributed by atoms with E-state index >= 15 is 0 Å². The van der Waals surface area contributed by atoms with Crippen molar-refractivity contribution in [1.29, 1.82) is 0 Å². The molecule has 0 bridgehead atoms. The molecule has 0 unspecified atom stereocenters. The fourth-order valence-electron chi connectivity index (χ4n) is 3.09. The number of rotatable bonds is 4. The van der Waals surface area contributed by atoms with Crippen molar-refractivity contribution in [2.45, 2.75) is 25.7 Å². The number of carbonyl (C=O) groups excluding carboxylic acids is 2. The second kappa shape index (κ2) is 7.58. The van der Waals surface area contributed by atoms with Gasteiger partial charge in [0.1, 0.15) is 0 Å². The third-order valence-electron chi connectivity index (χ3n) is 4.54. The molecule has 1 saturated carbocycles. The highest BCUT2D eigenvalue weighted by molar-refractivity contribution is 5.86. The lowest BCUT2D eigenvalue weighted by atomic mass is 9.81. The average Bonchev–Trinajstić information content (AvgIpc) is 2.55. The lowest BCUT2D eigenvalue weighted by molar-refractivity contribution is -0.147. The molecule has 0 aromatic rings. The Morgan fingerprint density at radius 3 is 2.18 bits per heavy atom. The molecule has 7 heteroatoms. The number of morpholine rings is 1. The van der Waals surface area contributed by atoms with Crippen LogP contribution in [0, 0.1) is 11.8 Å². The number of carboxylic acids is 1. The highest BCUT2D eigenvalue weighted by Crippen LogP contribution is 2.30. The van der Waals surface area contributed by atoms with E-state index in [4.69, 9.17) is 9.84 Å². The minimum absolute atomic E-state index is 0.0505. The number of likely N-dealkylation sites (N-methyl/N-ethyl adjacent to an activating group) is 1. The summed E-state index contributed by atoms with van der Waals surface area (Å²) in [4.78, 5) is 38.6. The molecule has 7 nitrogen and oxygen atoms in total. The molecule has 0 spiro atoms. The second-order valence-corrected chi connectivity index (χ2v) is 6.07. The monoisotopic (exact) mass is 312 g/mol. The molecule has 1 heterocycles. The quantitative estimate of drug-likeness (QED) is 0.801. The smallest absolute Gasteiger partial charge is 0.306 e. The largest absolute Gasteiger partial charge is 0.481 e. The summed E-state index contributed by atoms with van der Waals surface area (Å²) in [7, 11) is 1.64. The molecule has 2 rings (SSSR count). The first-order chi connectivity index (χ1) is 10.5. The number of nitrogens with zero attached hydrogens (tertiary/aromatic N) is 2. The Labute approximate surface area is 130 Å². The highest BCUT2D eigenvalue weighted by atomic mass is 16.5. The van der Waals surface area contributed by atoms with Crippen molar-refractivity contribution < 1.29 is 24.2 Å². The van der Waals surface area contributed by atoms with E-state index in [1.54, 1.807) is 11.9 Å². The molecule has 2 fully saturated rings. The van der Waals surface area contributed by atoms with Crippen LogP contribution in [0.2, 0.25) is 0 Å². The van der Waals surface area contributed by atoms with Crippen LogP contribution in [0.3, 0.4) is 0 Å². The summed E-state index contributed by atoms with van der Waals surface area (Å²) in [5.41, 5.74) is 0. The number of hydrogen-bond acceptors (Lipinski definition) is 4. The van der Waals surface area contributed by atoms with Gasteiger partial charge in [-0.25, -0.2) is 0 Å². The molecule has 1 saturated heterocycles. The van der Waals surface area contributed by atoms with Gasteiger partial charge in [0.15, 0.2) is 0 Å². The van der Waals surface area contributed by atoms with Gasteiger partial charge < -0.3 is 19.6 Å². The van der Waals surface area contributed by atoms with Gasteiger partial charge in [-0.3, -0.25) is 14.4 Å². The van der Waals surface area contributed by atoms with Crippen molar-refractivity contribution in [2.75, 3.05) is 39.9 Å². The van der Waals surface area contributed by atoms with Gasteiger partial charge in [-0.05, 0) is 25.7 Å². The lowest BCUT2D eigenvalue weighted by Gasteiger charge is -2.31. The van der Waals surface area contributed by atoms with E-state index in [1.807, 2.05) is 0 Å². The van der Waals surface area contributed by atoms with E-state index in [0.717, 1.165) is 0 Å². The van der Waals surface area contributed by atoms with Crippen molar-refractivity contribution in [3.8, 4) is 0 Å². The summed E-state index contributed by atoms with van der Waals surface area (Å²) in [6.45, 7) is 2.32. The van der Waals surface area contributed by atoms with Crippen molar-refractivity contribution in [3.05, 3.63) is 0 Å². The van der Waals surface area contributed by atoms with Gasteiger partial charge >= 0.3 is 5.97 Å². The highest BCUT2D eigenvalue weighted by Gasteiger charge is 2.32. The van der Waals surface area contributed by atoms with E-state index in [1.165, 1.54) is 4.90 Å². The minimum atomic E-state index is -0.776. The summed E-state index contributed by atoms with van der Waals surface area (Å²) in [6.07, 6.45) is 2.26. The molecule has 1 N–H and O–H groups in total. The first-order valence-corrected chi connectivity index (χ1v) is 7.82. The molecule has 0 aromatic heterocycles. The zero-order valence-electron chi connectivity index (χ0n) is 13.0. The van der Waals surface area contributed by atoms with Gasteiger partial charge in [0.25, 0.3) is 0 Å². The number of amides is 2. The maximum absolute atomic E-state index is 12.4. The topological polar surface area (TPSA) is 87.2 Å². The van der Waals surface area contributed by atoms with Crippen LogP contribution >= 0.6 is 0 Å². The summed E-state index contributed by atoms with van der Waals surface area (Å²) in [6, 6.07) is 0. The molecule has 2 aliphatic rings. The summed E-state index contributed by atoms with van der Waals surface area (Å²) in [5, 5.41) is 8.98. The van der Waals surface area contributed by atoms with Crippen LogP contribution in [-0.2, 0) is 19.1 Å². The molecule has 1 aliphatic heterocycles. The Morgan fingerprint density at radius 2 is 1.64 bits per heavy atom. The Balaban J connectivity index is 1.79. The van der Waals surface area contributed by atoms with Gasteiger partial charge in [0, 0.05) is 26.1 Å². The van der Waals surface area contributed by atoms with Crippen LogP contribution in [0.15, 0.2) is 0 Å². The van der Waals surface area contributed by atoms with E-state index in [-0.39, 0.29) is 30.2 Å². The first-order valence-electron chi connectivity index (χ1n) is 7.82. The predicted octanol–water partition coefficient (Wildman–Crippen LogP) is 0.195. The van der Waals surface area contributed by atoms with Crippen molar-refractivity contribution in [2.24, 2.45) is 11.8 Å². The Bertz CT molecular complexity index is 426. The first kappa shape index (κ1) is 16.7. The predicted molar refractivity (Wildman–Crippen MR) is 78.1 cm³/mol. The normalized spacial score (nSPS) is 25.6. The maximum Gasteiger partial charge on any atom is 0.306 e. The molecule has 1 aliphatic carbocycles. The average molecular weight is 312 g/mol. The van der Waals surface area contributed by atoms with Gasteiger partial charge in [-0.1, -0.05) is 0 Å². The number of carboxylic acid groups (broad SMARTS) is 1. The third-order valence-corrected chi connectivity index (χ3v) is 4.54. The molecule has 22 heavy (non-hydrogen) atoms. The van der Waals surface area contributed by atoms with E-state index in [2.05, 4.69) is 0 Å². The maximum atomic E-state index is 12.4. The molecule has 124 valence electrons. The van der Waals surface area contributed by atoms with Gasteiger partial charge in [-0.2, -0.15) is 0 Å². The number of aliphatic carboxylic acids is 1. The fourth-order valence-corrected chi connectivity index (χ4v) is 3.09. The zero-order chi connectivity index (χ0) is 16.1. The van der Waals surface area contributed by atoms with E-state index in [9.17, 15) is 14.4 Å². The van der Waals surface area contributed by atoms with E-state index in [0.29, 0.717) is 52.0 Å². The molecule has 0 atom stereocenters. The number of ether oxygens (including phenoxy) is 1. The van der Waals surface area contributed by atoms with Crippen LogP contribution in [0.5, 0.6) is 0 Å². The van der Waals surface area contributed by atoms with Gasteiger partial charge in [-0.15, -0.1) is 0 Å². The minimum Gasteiger partial charge on any atom is -0.481 e. The Hall–Kier alpha value is -1.63. The van der Waals surface area contributed by atoms with Crippen LogP contribution < -0.4 is 0 Å². The summed E-state index contributed by atoms with van der Waals surface area (Å²) < 4.78 is 5.20. The molecular formula is C15H24N2O5. The molecule has 0 aromatic carbocycles. The fraction of sp³-hybridized carbons (Fsp3) is 0.800. The Morgan fingerprint density at radius 1 is 1.09 bits per heavy atom. The lowest BCUT2D eigenvalue weighted by Crippen LogP contribution is -2.47. The van der Waals surface area contributed by atoms with Crippen LogP contribution in [0.1, 0.15) is 25.7 Å².